The van der Waals surface area contributed by atoms with E-state index in [4.69, 9.17) is 9.47 Å². The predicted octanol–water partition coefficient (Wildman–Crippen LogP) is 3.28. The first-order valence-electron chi connectivity index (χ1n) is 9.35. The molecule has 0 spiro atoms. The molecule has 148 valence electrons. The van der Waals surface area contributed by atoms with Crippen LogP contribution < -0.4 is 4.74 Å². The number of hydrogen-bond acceptors (Lipinski definition) is 5. The molecule has 1 aliphatic heterocycles. The van der Waals surface area contributed by atoms with Crippen LogP contribution in [0.5, 0.6) is 5.75 Å². The molecule has 27 heavy (non-hydrogen) atoms. The predicted molar refractivity (Wildman–Crippen MR) is 108 cm³/mol. The minimum Gasteiger partial charge on any atom is -0.490 e. The molecule has 6 heteroatoms. The fraction of sp³-hybridized carbons (Fsp3) is 0.476. The van der Waals surface area contributed by atoms with Gasteiger partial charge < -0.3 is 19.5 Å². The highest BCUT2D eigenvalue weighted by Gasteiger charge is 2.26. The summed E-state index contributed by atoms with van der Waals surface area (Å²) >= 11 is 0. The number of aliphatic hydroxyl groups excluding tert-OH is 1. The number of esters is 1. The second-order valence-corrected chi connectivity index (χ2v) is 6.77. The molecule has 1 aliphatic rings. The van der Waals surface area contributed by atoms with Crippen molar-refractivity contribution in [1.82, 2.24) is 4.90 Å². The molecule has 1 fully saturated rings. The highest BCUT2D eigenvalue weighted by Crippen LogP contribution is 2.25. The van der Waals surface area contributed by atoms with Gasteiger partial charge in [-0.2, -0.15) is 0 Å². The first kappa shape index (κ1) is 21.5. The topological polar surface area (TPSA) is 59.0 Å². The summed E-state index contributed by atoms with van der Waals surface area (Å²) in [5.74, 6) is 0.699. The third kappa shape index (κ3) is 5.83. The SMILES string of the molecule is CCOC(=O)C1CCN(CC(O)COc2cccc3ccccc23)CC1.Cl. The van der Waals surface area contributed by atoms with Gasteiger partial charge in [-0.3, -0.25) is 4.79 Å². The third-order valence-corrected chi connectivity index (χ3v) is 4.86. The molecular weight excluding hydrogens is 366 g/mol. The van der Waals surface area contributed by atoms with Crippen molar-refractivity contribution in [3.63, 3.8) is 0 Å². The number of aliphatic hydroxyl groups is 1. The summed E-state index contributed by atoms with van der Waals surface area (Å²) in [6.45, 7) is 4.68. The average molecular weight is 394 g/mol. The van der Waals surface area contributed by atoms with E-state index in [-0.39, 0.29) is 30.9 Å². The van der Waals surface area contributed by atoms with Gasteiger partial charge in [-0.25, -0.2) is 0 Å². The Hall–Kier alpha value is -1.82. The molecule has 2 aromatic carbocycles. The molecule has 0 aliphatic carbocycles. The number of fused-ring (bicyclic) bond motifs is 1. The highest BCUT2D eigenvalue weighted by atomic mass is 35.5. The largest absolute Gasteiger partial charge is 0.490 e. The molecule has 1 N–H and O–H groups in total. The van der Waals surface area contributed by atoms with Gasteiger partial charge in [0.1, 0.15) is 18.5 Å². The number of hydrogen-bond donors (Lipinski definition) is 1. The quantitative estimate of drug-likeness (QED) is 0.731. The average Bonchev–Trinajstić information content (AvgIpc) is 2.67. The molecule has 0 amide bonds. The molecule has 2 aromatic rings. The van der Waals surface area contributed by atoms with E-state index in [9.17, 15) is 9.90 Å². The van der Waals surface area contributed by atoms with E-state index in [2.05, 4.69) is 4.90 Å². The van der Waals surface area contributed by atoms with Crippen LogP contribution in [-0.2, 0) is 9.53 Å². The zero-order valence-electron chi connectivity index (χ0n) is 15.7. The number of rotatable bonds is 7. The van der Waals surface area contributed by atoms with Crippen LogP contribution in [0.15, 0.2) is 42.5 Å². The zero-order valence-corrected chi connectivity index (χ0v) is 16.5. The first-order chi connectivity index (χ1) is 12.7. The summed E-state index contributed by atoms with van der Waals surface area (Å²) in [5, 5.41) is 12.5. The smallest absolute Gasteiger partial charge is 0.309 e. The monoisotopic (exact) mass is 393 g/mol. The molecule has 1 unspecified atom stereocenters. The van der Waals surface area contributed by atoms with E-state index < -0.39 is 6.10 Å². The summed E-state index contributed by atoms with van der Waals surface area (Å²) in [5.41, 5.74) is 0. The van der Waals surface area contributed by atoms with Gasteiger partial charge in [0.2, 0.25) is 0 Å². The number of likely N-dealkylation sites (tertiary alicyclic amines) is 1. The van der Waals surface area contributed by atoms with Crippen molar-refractivity contribution in [3.8, 4) is 5.75 Å². The Morgan fingerprint density at radius 1 is 1.19 bits per heavy atom. The van der Waals surface area contributed by atoms with Gasteiger partial charge in [0.25, 0.3) is 0 Å². The molecule has 0 aromatic heterocycles. The van der Waals surface area contributed by atoms with E-state index in [0.717, 1.165) is 42.5 Å². The van der Waals surface area contributed by atoms with Crippen LogP contribution >= 0.6 is 12.4 Å². The van der Waals surface area contributed by atoms with Crippen molar-refractivity contribution in [2.45, 2.75) is 25.9 Å². The second kappa shape index (κ2) is 10.5. The standard InChI is InChI=1S/C21H27NO4.ClH/c1-2-25-21(24)17-10-12-22(13-11-17)14-18(23)15-26-20-9-5-7-16-6-3-4-8-19(16)20;/h3-9,17-18,23H,2,10-15H2,1H3;1H. The number of nitrogens with zero attached hydrogens (tertiary/aromatic N) is 1. The number of piperidine rings is 1. The van der Waals surface area contributed by atoms with Gasteiger partial charge in [-0.05, 0) is 44.3 Å². The summed E-state index contributed by atoms with van der Waals surface area (Å²) in [7, 11) is 0. The first-order valence-corrected chi connectivity index (χ1v) is 9.35. The lowest BCUT2D eigenvalue weighted by Crippen LogP contribution is -2.42. The number of carbonyl (C=O) groups excluding carboxylic acids is 1. The molecule has 5 nitrogen and oxygen atoms in total. The molecular formula is C21H28ClNO4. The second-order valence-electron chi connectivity index (χ2n) is 6.77. The van der Waals surface area contributed by atoms with Gasteiger partial charge in [0.05, 0.1) is 12.5 Å². The lowest BCUT2D eigenvalue weighted by atomic mass is 9.97. The fourth-order valence-electron chi connectivity index (χ4n) is 3.47. The maximum absolute atomic E-state index is 11.8. The molecule has 1 saturated heterocycles. The Morgan fingerprint density at radius 3 is 2.63 bits per heavy atom. The van der Waals surface area contributed by atoms with Crippen LogP contribution in [0.3, 0.4) is 0 Å². The van der Waals surface area contributed by atoms with Crippen LogP contribution in [-0.4, -0.2) is 54.9 Å². The van der Waals surface area contributed by atoms with E-state index in [0.29, 0.717) is 13.2 Å². The highest BCUT2D eigenvalue weighted by molar-refractivity contribution is 5.88. The molecule has 0 radical (unpaired) electrons. The van der Waals surface area contributed by atoms with Crippen LogP contribution in [0.25, 0.3) is 10.8 Å². The third-order valence-electron chi connectivity index (χ3n) is 4.86. The fourth-order valence-corrected chi connectivity index (χ4v) is 3.47. The number of benzene rings is 2. The molecule has 0 saturated carbocycles. The van der Waals surface area contributed by atoms with Crippen molar-refractivity contribution >= 4 is 29.1 Å². The van der Waals surface area contributed by atoms with Crippen molar-refractivity contribution < 1.29 is 19.4 Å². The van der Waals surface area contributed by atoms with E-state index in [1.54, 1.807) is 0 Å². The van der Waals surface area contributed by atoms with Gasteiger partial charge >= 0.3 is 5.97 Å². The lowest BCUT2D eigenvalue weighted by molar-refractivity contribution is -0.149. The normalized spacial score (nSPS) is 16.5. The van der Waals surface area contributed by atoms with Gasteiger partial charge in [-0.15, -0.1) is 12.4 Å². The Morgan fingerprint density at radius 2 is 1.89 bits per heavy atom. The van der Waals surface area contributed by atoms with Crippen LogP contribution in [0, 0.1) is 5.92 Å². The van der Waals surface area contributed by atoms with Gasteiger partial charge in [0, 0.05) is 11.9 Å². The zero-order chi connectivity index (χ0) is 18.4. The van der Waals surface area contributed by atoms with Crippen LogP contribution in [0.2, 0.25) is 0 Å². The Kier molecular flexibility index (Phi) is 8.35. The Bertz CT molecular complexity index is 726. The van der Waals surface area contributed by atoms with Crippen molar-refractivity contribution in [2.24, 2.45) is 5.92 Å². The maximum Gasteiger partial charge on any atom is 0.309 e. The van der Waals surface area contributed by atoms with Crippen LogP contribution in [0.4, 0.5) is 0 Å². The van der Waals surface area contributed by atoms with Crippen molar-refractivity contribution in [2.75, 3.05) is 32.8 Å². The minimum absolute atomic E-state index is 0. The number of ether oxygens (including phenoxy) is 2. The van der Waals surface area contributed by atoms with E-state index in [1.807, 2.05) is 49.4 Å². The number of carbonyl (C=O) groups is 1. The summed E-state index contributed by atoms with van der Waals surface area (Å²) < 4.78 is 11.0. The minimum atomic E-state index is -0.562. The molecule has 1 atom stereocenters. The Balaban J connectivity index is 0.00000261. The molecule has 0 bridgehead atoms. The van der Waals surface area contributed by atoms with Crippen molar-refractivity contribution in [1.29, 1.82) is 0 Å². The summed E-state index contributed by atoms with van der Waals surface area (Å²) in [4.78, 5) is 14.0. The molecule has 1 heterocycles. The summed E-state index contributed by atoms with van der Waals surface area (Å²) in [6, 6.07) is 14.0. The molecule has 3 rings (SSSR count). The van der Waals surface area contributed by atoms with E-state index >= 15 is 0 Å². The summed E-state index contributed by atoms with van der Waals surface area (Å²) in [6.07, 6.45) is 1.01. The van der Waals surface area contributed by atoms with Crippen molar-refractivity contribution in [3.05, 3.63) is 42.5 Å². The lowest BCUT2D eigenvalue weighted by Gasteiger charge is -2.32. The maximum atomic E-state index is 11.8. The van der Waals surface area contributed by atoms with E-state index in [1.165, 1.54) is 0 Å². The number of halogens is 1. The van der Waals surface area contributed by atoms with Gasteiger partial charge in [0.15, 0.2) is 0 Å². The number of β-amino-alcohol motifs (C(OH)–C–C–N with tert-alkyl or cyclic N) is 1. The van der Waals surface area contributed by atoms with Gasteiger partial charge in [-0.1, -0.05) is 36.4 Å². The van der Waals surface area contributed by atoms with Crippen LogP contribution in [0.1, 0.15) is 19.8 Å². The Labute approximate surface area is 166 Å².